The fraction of sp³-hybridized carbons (Fsp3) is 0.231. The van der Waals surface area contributed by atoms with Gasteiger partial charge in [-0.05, 0) is 6.54 Å². The Balaban J connectivity index is 2.20. The van der Waals surface area contributed by atoms with E-state index in [1.165, 1.54) is 17.7 Å². The Morgan fingerprint density at radius 1 is 1.38 bits per heavy atom. The molecule has 8 heteroatoms. The molecule has 0 aliphatic carbocycles. The van der Waals surface area contributed by atoms with Crippen molar-refractivity contribution >= 4 is 16.3 Å². The highest BCUT2D eigenvalue weighted by molar-refractivity contribution is 7.15. The number of rotatable bonds is 4. The van der Waals surface area contributed by atoms with Crippen molar-refractivity contribution in [3.8, 4) is 18.0 Å². The Kier molecular flexibility index (Phi) is 3.40. The van der Waals surface area contributed by atoms with Gasteiger partial charge < -0.3 is 5.32 Å². The molecule has 0 saturated heterocycles. The first kappa shape index (κ1) is 13.3. The van der Waals surface area contributed by atoms with Gasteiger partial charge in [0.05, 0.1) is 5.69 Å². The first-order valence-electron chi connectivity index (χ1n) is 6.33. The summed E-state index contributed by atoms with van der Waals surface area (Å²) >= 11 is 1.52. The number of hydrogen-bond donors (Lipinski definition) is 1. The molecule has 0 atom stereocenters. The fourth-order valence-corrected chi connectivity index (χ4v) is 2.85. The van der Waals surface area contributed by atoms with Crippen molar-refractivity contribution in [2.45, 2.75) is 13.5 Å². The van der Waals surface area contributed by atoms with Crippen LogP contribution in [0.5, 0.6) is 0 Å². The summed E-state index contributed by atoms with van der Waals surface area (Å²) in [6.07, 6.45) is 3.41. The number of aromatic nitrogens is 4. The molecule has 3 aromatic heterocycles. The first-order chi connectivity index (χ1) is 10.3. The molecule has 21 heavy (non-hydrogen) atoms. The van der Waals surface area contributed by atoms with Crippen molar-refractivity contribution in [2.24, 2.45) is 0 Å². The lowest BCUT2D eigenvalue weighted by Gasteiger charge is -2.06. The van der Waals surface area contributed by atoms with Gasteiger partial charge in [-0.15, -0.1) is 11.3 Å². The molecule has 0 bridgehead atoms. The van der Waals surface area contributed by atoms with E-state index in [0.29, 0.717) is 12.4 Å². The van der Waals surface area contributed by atoms with Crippen molar-refractivity contribution in [1.82, 2.24) is 24.3 Å². The fourth-order valence-electron chi connectivity index (χ4n) is 2.12. The third-order valence-electron chi connectivity index (χ3n) is 3.09. The Labute approximate surface area is 124 Å². The molecule has 0 amide bonds. The van der Waals surface area contributed by atoms with E-state index in [-0.39, 0.29) is 11.4 Å². The van der Waals surface area contributed by atoms with E-state index in [4.69, 9.17) is 5.26 Å². The highest BCUT2D eigenvalue weighted by Crippen LogP contribution is 2.22. The van der Waals surface area contributed by atoms with Crippen LogP contribution in [-0.4, -0.2) is 25.5 Å². The van der Waals surface area contributed by atoms with E-state index >= 15 is 0 Å². The van der Waals surface area contributed by atoms with Gasteiger partial charge in [-0.25, -0.2) is 9.97 Å². The average molecular weight is 297 g/mol. The molecule has 0 fully saturated rings. The monoisotopic (exact) mass is 297 g/mol. The highest BCUT2D eigenvalue weighted by atomic mass is 32.1. The zero-order chi connectivity index (χ0) is 14.8. The minimum atomic E-state index is 0.114. The van der Waals surface area contributed by atoms with Gasteiger partial charge in [0.25, 0.3) is 0 Å². The molecule has 3 rings (SSSR count). The molecule has 0 saturated carbocycles. The highest BCUT2D eigenvalue weighted by Gasteiger charge is 2.19. The van der Waals surface area contributed by atoms with Crippen LogP contribution in [0.4, 0.5) is 0 Å². The molecule has 3 aromatic rings. The molecule has 0 unspecified atom stereocenters. The van der Waals surface area contributed by atoms with Crippen LogP contribution in [-0.2, 0) is 6.54 Å². The van der Waals surface area contributed by atoms with Crippen LogP contribution in [0.1, 0.15) is 24.0 Å². The van der Waals surface area contributed by atoms with Crippen LogP contribution in [0, 0.1) is 22.7 Å². The van der Waals surface area contributed by atoms with Gasteiger partial charge in [0.1, 0.15) is 18.5 Å². The number of fused-ring (bicyclic) bond motifs is 1. The van der Waals surface area contributed by atoms with E-state index in [2.05, 4.69) is 15.3 Å². The minimum absolute atomic E-state index is 0.114. The lowest BCUT2D eigenvalue weighted by molar-refractivity contribution is 0.700. The lowest BCUT2D eigenvalue weighted by Crippen LogP contribution is -2.15. The molecule has 7 nitrogen and oxygen atoms in total. The van der Waals surface area contributed by atoms with Gasteiger partial charge in [-0.2, -0.15) is 10.5 Å². The minimum Gasteiger partial charge on any atom is -0.311 e. The van der Waals surface area contributed by atoms with Crippen molar-refractivity contribution < 1.29 is 0 Å². The summed E-state index contributed by atoms with van der Waals surface area (Å²) in [5.74, 6) is 0.633. The number of nitrogens with zero attached hydrogens (tertiary/aromatic N) is 6. The van der Waals surface area contributed by atoms with E-state index in [0.717, 1.165) is 17.2 Å². The summed E-state index contributed by atoms with van der Waals surface area (Å²) in [4.78, 5) is 9.37. The summed E-state index contributed by atoms with van der Waals surface area (Å²) in [6.45, 7) is 3.47. The SMILES string of the molecule is CCNCc1c(-n2cnc(C#N)c2C#N)nc2sccn12. The molecule has 0 radical (unpaired) electrons. The predicted molar refractivity (Wildman–Crippen MR) is 77.0 cm³/mol. The third-order valence-corrected chi connectivity index (χ3v) is 3.85. The second kappa shape index (κ2) is 5.37. The van der Waals surface area contributed by atoms with Crippen LogP contribution in [0.3, 0.4) is 0 Å². The molecule has 0 spiro atoms. The maximum absolute atomic E-state index is 9.26. The summed E-state index contributed by atoms with van der Waals surface area (Å²) in [5, 5.41) is 23.5. The Morgan fingerprint density at radius 2 is 2.24 bits per heavy atom. The van der Waals surface area contributed by atoms with Crippen molar-refractivity contribution in [2.75, 3.05) is 6.54 Å². The Bertz CT molecular complexity index is 871. The molecule has 0 aliphatic rings. The Morgan fingerprint density at radius 3 is 2.95 bits per heavy atom. The van der Waals surface area contributed by atoms with E-state index in [1.807, 2.05) is 35.0 Å². The van der Waals surface area contributed by atoms with Crippen molar-refractivity contribution in [1.29, 1.82) is 10.5 Å². The van der Waals surface area contributed by atoms with E-state index in [1.54, 1.807) is 4.57 Å². The zero-order valence-corrected chi connectivity index (χ0v) is 12.1. The normalized spacial score (nSPS) is 10.6. The molecule has 0 aromatic carbocycles. The predicted octanol–water partition coefficient (Wildman–Crippen LogP) is 1.43. The maximum atomic E-state index is 9.26. The van der Waals surface area contributed by atoms with Gasteiger partial charge in [0.15, 0.2) is 22.2 Å². The largest absolute Gasteiger partial charge is 0.311 e. The summed E-state index contributed by atoms with van der Waals surface area (Å²) < 4.78 is 3.56. The number of thiazole rings is 1. The maximum Gasteiger partial charge on any atom is 0.195 e. The number of hydrogen-bond acceptors (Lipinski definition) is 6. The van der Waals surface area contributed by atoms with Gasteiger partial charge in [0, 0.05) is 18.1 Å². The number of imidazole rings is 2. The molecular formula is C13H11N7S. The third kappa shape index (κ3) is 2.07. The van der Waals surface area contributed by atoms with Crippen LogP contribution in [0.25, 0.3) is 10.8 Å². The quantitative estimate of drug-likeness (QED) is 0.786. The second-order valence-corrected chi connectivity index (χ2v) is 5.13. The summed E-state index contributed by atoms with van der Waals surface area (Å²) in [7, 11) is 0. The molecule has 0 aliphatic heterocycles. The zero-order valence-electron chi connectivity index (χ0n) is 11.2. The number of nitrogens with one attached hydrogen (secondary N) is 1. The topological polar surface area (TPSA) is 94.7 Å². The van der Waals surface area contributed by atoms with E-state index in [9.17, 15) is 5.26 Å². The number of nitriles is 2. The summed E-state index contributed by atoms with van der Waals surface area (Å²) in [5.41, 5.74) is 1.26. The van der Waals surface area contributed by atoms with Crippen molar-refractivity contribution in [3.05, 3.63) is 35.0 Å². The molecule has 3 heterocycles. The van der Waals surface area contributed by atoms with Gasteiger partial charge >= 0.3 is 0 Å². The van der Waals surface area contributed by atoms with E-state index < -0.39 is 0 Å². The summed E-state index contributed by atoms with van der Waals surface area (Å²) in [6, 6.07) is 3.95. The standard InChI is InChI=1S/C13H11N7S/c1-2-16-7-11-12(18-13-19(11)3-4-21-13)20-8-17-9(5-14)10(20)6-15/h3-4,8,16H,2,7H2,1H3. The lowest BCUT2D eigenvalue weighted by atomic mass is 10.3. The average Bonchev–Trinajstić information content (AvgIpc) is 3.17. The van der Waals surface area contributed by atoms with Gasteiger partial charge in [0.2, 0.25) is 0 Å². The molecular weight excluding hydrogens is 286 g/mol. The van der Waals surface area contributed by atoms with Crippen LogP contribution < -0.4 is 5.32 Å². The van der Waals surface area contributed by atoms with Gasteiger partial charge in [-0.3, -0.25) is 8.97 Å². The van der Waals surface area contributed by atoms with Crippen LogP contribution in [0.2, 0.25) is 0 Å². The smallest absolute Gasteiger partial charge is 0.195 e. The second-order valence-electron chi connectivity index (χ2n) is 4.25. The molecule has 104 valence electrons. The van der Waals surface area contributed by atoms with Crippen LogP contribution in [0.15, 0.2) is 17.9 Å². The van der Waals surface area contributed by atoms with Gasteiger partial charge in [-0.1, -0.05) is 6.92 Å². The van der Waals surface area contributed by atoms with Crippen molar-refractivity contribution in [3.63, 3.8) is 0 Å². The first-order valence-corrected chi connectivity index (χ1v) is 7.21. The Hall–Kier alpha value is -2.68. The van der Waals surface area contributed by atoms with Crippen LogP contribution >= 0.6 is 11.3 Å². The molecule has 1 N–H and O–H groups in total.